The summed E-state index contributed by atoms with van der Waals surface area (Å²) < 4.78 is 9.81. The Balaban J connectivity index is 2.11. The highest BCUT2D eigenvalue weighted by Crippen LogP contribution is 2.29. The van der Waals surface area contributed by atoms with Gasteiger partial charge in [0.15, 0.2) is 11.6 Å². The summed E-state index contributed by atoms with van der Waals surface area (Å²) in [6.45, 7) is 2.06. The summed E-state index contributed by atoms with van der Waals surface area (Å²) >= 11 is 0. The molecule has 0 aliphatic carbocycles. The van der Waals surface area contributed by atoms with Gasteiger partial charge < -0.3 is 14.6 Å². The topological polar surface area (TPSA) is 103 Å². The fourth-order valence-corrected chi connectivity index (χ4v) is 1.53. The van der Waals surface area contributed by atoms with E-state index >= 15 is 0 Å². The minimum absolute atomic E-state index is 0.0801. The number of aromatic nitrogens is 2. The molecule has 0 saturated carbocycles. The molecule has 1 aromatic carbocycles. The summed E-state index contributed by atoms with van der Waals surface area (Å²) in [4.78, 5) is 14.3. The predicted octanol–water partition coefficient (Wildman–Crippen LogP) is 1.91. The van der Waals surface area contributed by atoms with Crippen LogP contribution in [0.2, 0.25) is 0 Å². The molecule has 0 radical (unpaired) electrons. The molecule has 0 atom stereocenters. The highest BCUT2D eigenvalue weighted by Gasteiger charge is 2.14. The molecule has 1 N–H and O–H groups in total. The lowest BCUT2D eigenvalue weighted by molar-refractivity contribution is -0.385. The van der Waals surface area contributed by atoms with Crippen molar-refractivity contribution in [2.75, 3.05) is 12.4 Å². The highest BCUT2D eigenvalue weighted by atomic mass is 16.6. The van der Waals surface area contributed by atoms with Crippen molar-refractivity contribution in [2.24, 2.45) is 0 Å². The zero-order chi connectivity index (χ0) is 13.8. The molecule has 0 spiro atoms. The van der Waals surface area contributed by atoms with Gasteiger partial charge in [-0.25, -0.2) is 0 Å². The third-order valence-corrected chi connectivity index (χ3v) is 2.40. The zero-order valence-corrected chi connectivity index (χ0v) is 10.4. The minimum Gasteiger partial charge on any atom is -0.490 e. The van der Waals surface area contributed by atoms with Crippen molar-refractivity contribution in [3.8, 4) is 5.75 Å². The van der Waals surface area contributed by atoms with Crippen LogP contribution in [0.4, 0.5) is 11.4 Å². The van der Waals surface area contributed by atoms with Crippen molar-refractivity contribution < 1.29 is 14.2 Å². The highest BCUT2D eigenvalue weighted by molar-refractivity contribution is 5.57. The monoisotopic (exact) mass is 264 g/mol. The predicted molar refractivity (Wildman–Crippen MR) is 66.0 cm³/mol. The number of aryl methyl sites for hydroxylation is 1. The van der Waals surface area contributed by atoms with Crippen LogP contribution in [0.1, 0.15) is 11.7 Å². The number of nitro benzene ring substituents is 1. The molecule has 19 heavy (non-hydrogen) atoms. The number of methoxy groups -OCH3 is 1. The van der Waals surface area contributed by atoms with Crippen molar-refractivity contribution in [3.05, 3.63) is 40.0 Å². The molecular weight excluding hydrogens is 252 g/mol. The summed E-state index contributed by atoms with van der Waals surface area (Å²) in [5.41, 5.74) is 0.591. The Labute approximate surface area is 108 Å². The van der Waals surface area contributed by atoms with Gasteiger partial charge in [-0.05, 0) is 6.07 Å². The number of nitrogens with zero attached hydrogens (tertiary/aromatic N) is 3. The molecule has 0 aliphatic heterocycles. The van der Waals surface area contributed by atoms with Crippen LogP contribution < -0.4 is 10.1 Å². The average Bonchev–Trinajstić information content (AvgIpc) is 2.81. The van der Waals surface area contributed by atoms with Crippen LogP contribution in [0.25, 0.3) is 0 Å². The molecule has 0 aliphatic rings. The Bertz CT molecular complexity index is 596. The Kier molecular flexibility index (Phi) is 3.60. The van der Waals surface area contributed by atoms with Crippen LogP contribution >= 0.6 is 0 Å². The molecule has 100 valence electrons. The maximum Gasteiger partial charge on any atom is 0.311 e. The second-order valence-corrected chi connectivity index (χ2v) is 3.73. The maximum absolute atomic E-state index is 10.7. The van der Waals surface area contributed by atoms with Gasteiger partial charge in [0.05, 0.1) is 18.6 Å². The quantitative estimate of drug-likeness (QED) is 0.649. The Morgan fingerprint density at radius 1 is 1.53 bits per heavy atom. The van der Waals surface area contributed by atoms with Crippen molar-refractivity contribution in [1.82, 2.24) is 10.1 Å². The smallest absolute Gasteiger partial charge is 0.311 e. The second kappa shape index (κ2) is 5.34. The number of hydrogen-bond donors (Lipinski definition) is 1. The molecule has 1 aromatic heterocycles. The van der Waals surface area contributed by atoms with E-state index in [0.29, 0.717) is 23.9 Å². The summed E-state index contributed by atoms with van der Waals surface area (Å²) in [6.07, 6.45) is 0. The number of benzene rings is 1. The second-order valence-electron chi connectivity index (χ2n) is 3.73. The Morgan fingerprint density at radius 2 is 2.32 bits per heavy atom. The summed E-state index contributed by atoms with van der Waals surface area (Å²) in [6, 6.07) is 4.52. The first-order valence-corrected chi connectivity index (χ1v) is 5.45. The molecule has 0 amide bonds. The molecule has 0 fully saturated rings. The first-order valence-electron chi connectivity index (χ1n) is 5.45. The van der Waals surface area contributed by atoms with Gasteiger partial charge in [-0.2, -0.15) is 4.98 Å². The van der Waals surface area contributed by atoms with E-state index in [4.69, 9.17) is 9.26 Å². The lowest BCUT2D eigenvalue weighted by Gasteiger charge is -2.06. The van der Waals surface area contributed by atoms with Crippen LogP contribution in [0.15, 0.2) is 22.7 Å². The molecule has 8 nitrogen and oxygen atoms in total. The van der Waals surface area contributed by atoms with E-state index in [1.54, 1.807) is 19.1 Å². The first-order chi connectivity index (χ1) is 9.10. The third-order valence-electron chi connectivity index (χ3n) is 2.40. The van der Waals surface area contributed by atoms with Gasteiger partial charge >= 0.3 is 5.69 Å². The molecule has 8 heteroatoms. The van der Waals surface area contributed by atoms with Crippen LogP contribution in [0.3, 0.4) is 0 Å². The van der Waals surface area contributed by atoms with Crippen LogP contribution in [0.5, 0.6) is 5.75 Å². The van der Waals surface area contributed by atoms with Gasteiger partial charge in [0, 0.05) is 24.7 Å². The van der Waals surface area contributed by atoms with E-state index in [0.717, 1.165) is 0 Å². The molecule has 0 saturated heterocycles. The SMILES string of the molecule is COc1cc(NCc2noc(C)n2)ccc1[N+](=O)[O-]. The van der Waals surface area contributed by atoms with E-state index in [1.165, 1.54) is 13.2 Å². The lowest BCUT2D eigenvalue weighted by Crippen LogP contribution is -2.02. The Hall–Kier alpha value is -2.64. The molecule has 0 bridgehead atoms. The standard InChI is InChI=1S/C11H12N4O4/c1-7-13-11(14-19-7)6-12-8-3-4-9(15(16)17)10(5-8)18-2/h3-5,12H,6H2,1-2H3. The minimum atomic E-state index is -0.495. The number of anilines is 1. The van der Waals surface area contributed by atoms with E-state index in [1.807, 2.05) is 0 Å². The molecular formula is C11H12N4O4. The van der Waals surface area contributed by atoms with Gasteiger partial charge in [-0.15, -0.1) is 0 Å². The van der Waals surface area contributed by atoms with Gasteiger partial charge in [0.2, 0.25) is 5.89 Å². The number of rotatable bonds is 5. The first kappa shape index (κ1) is 12.8. The molecule has 1 heterocycles. The van der Waals surface area contributed by atoms with E-state index in [9.17, 15) is 10.1 Å². The van der Waals surface area contributed by atoms with Gasteiger partial charge in [-0.1, -0.05) is 5.16 Å². The fourth-order valence-electron chi connectivity index (χ4n) is 1.53. The summed E-state index contributed by atoms with van der Waals surface area (Å²) in [5.74, 6) is 1.19. The average molecular weight is 264 g/mol. The Morgan fingerprint density at radius 3 is 2.89 bits per heavy atom. The summed E-state index contributed by atoms with van der Waals surface area (Å²) in [5, 5.41) is 17.5. The molecule has 0 unspecified atom stereocenters. The van der Waals surface area contributed by atoms with E-state index in [-0.39, 0.29) is 11.4 Å². The zero-order valence-electron chi connectivity index (χ0n) is 10.4. The van der Waals surface area contributed by atoms with E-state index in [2.05, 4.69) is 15.5 Å². The molecule has 2 rings (SSSR count). The maximum atomic E-state index is 10.7. The number of hydrogen-bond acceptors (Lipinski definition) is 7. The van der Waals surface area contributed by atoms with E-state index < -0.39 is 4.92 Å². The number of nitro groups is 1. The van der Waals surface area contributed by atoms with Gasteiger partial charge in [0.25, 0.3) is 0 Å². The molecule has 2 aromatic rings. The third kappa shape index (κ3) is 2.97. The van der Waals surface area contributed by atoms with Crippen LogP contribution in [0, 0.1) is 17.0 Å². The summed E-state index contributed by atoms with van der Waals surface area (Å²) in [7, 11) is 1.38. The lowest BCUT2D eigenvalue weighted by atomic mass is 10.2. The van der Waals surface area contributed by atoms with Crippen LogP contribution in [-0.2, 0) is 6.54 Å². The van der Waals surface area contributed by atoms with Crippen molar-refractivity contribution in [1.29, 1.82) is 0 Å². The van der Waals surface area contributed by atoms with Crippen molar-refractivity contribution >= 4 is 11.4 Å². The number of nitrogens with one attached hydrogen (secondary N) is 1. The van der Waals surface area contributed by atoms with Crippen LogP contribution in [-0.4, -0.2) is 22.2 Å². The largest absolute Gasteiger partial charge is 0.490 e. The number of ether oxygens (including phenoxy) is 1. The fraction of sp³-hybridized carbons (Fsp3) is 0.273. The van der Waals surface area contributed by atoms with Crippen molar-refractivity contribution in [2.45, 2.75) is 13.5 Å². The van der Waals surface area contributed by atoms with Crippen molar-refractivity contribution in [3.63, 3.8) is 0 Å². The van der Waals surface area contributed by atoms with Gasteiger partial charge in [0.1, 0.15) is 0 Å². The normalized spacial score (nSPS) is 10.2. The van der Waals surface area contributed by atoms with Gasteiger partial charge in [-0.3, -0.25) is 10.1 Å².